The van der Waals surface area contributed by atoms with Gasteiger partial charge in [0.25, 0.3) is 0 Å². The van der Waals surface area contributed by atoms with Crippen LogP contribution in [0.1, 0.15) is 59.1 Å². The number of nitrogens with two attached hydrogens (primary N) is 2. The third-order valence-electron chi connectivity index (χ3n) is 10.3. The van der Waals surface area contributed by atoms with Crippen molar-refractivity contribution in [2.75, 3.05) is 38.8 Å². The molecule has 0 bridgehead atoms. The van der Waals surface area contributed by atoms with Crippen molar-refractivity contribution in [3.63, 3.8) is 0 Å². The van der Waals surface area contributed by atoms with E-state index in [0.717, 1.165) is 52.7 Å². The van der Waals surface area contributed by atoms with Gasteiger partial charge < -0.3 is 60.5 Å². The van der Waals surface area contributed by atoms with Gasteiger partial charge >= 0.3 is 11.9 Å². The summed E-state index contributed by atoms with van der Waals surface area (Å²) in [5, 5.41) is 44.0. The number of nitrogens with zero attached hydrogens (tertiary/aromatic N) is 4. The molecule has 0 spiro atoms. The van der Waals surface area contributed by atoms with Crippen LogP contribution in [0.25, 0.3) is 21.9 Å². The van der Waals surface area contributed by atoms with Gasteiger partial charge in [-0.3, -0.25) is 4.79 Å². The van der Waals surface area contributed by atoms with Crippen molar-refractivity contribution in [3.05, 3.63) is 88.7 Å². The number of benzene rings is 3. The van der Waals surface area contributed by atoms with E-state index in [1.807, 2.05) is 6.07 Å². The number of fused-ring (bicyclic) bond motifs is 3. The molecule has 1 aliphatic heterocycles. The number of carboxylic acid groups (broad SMARTS) is 1. The molecule has 17 heteroatoms. The Morgan fingerprint density at radius 3 is 2.31 bits per heavy atom. The Bertz CT molecular complexity index is 2330. The molecule has 0 aliphatic carbocycles. The number of hydrogen-bond donors (Lipinski definition) is 7. The molecule has 3 heterocycles. The number of nitrogen functional groups attached to an aromatic ring is 1. The number of nitrogens with one attached hydrogen (secondary N) is 1. The molecule has 6 rings (SSSR count). The van der Waals surface area contributed by atoms with Crippen LogP contribution in [0.3, 0.4) is 0 Å². The Labute approximate surface area is 340 Å². The number of carboxylic acids is 1. The van der Waals surface area contributed by atoms with E-state index >= 15 is 0 Å². The first-order chi connectivity index (χ1) is 28.1. The van der Waals surface area contributed by atoms with Gasteiger partial charge in [0.1, 0.15) is 48.5 Å². The summed E-state index contributed by atoms with van der Waals surface area (Å²) in [4.78, 5) is 46.1. The van der Waals surface area contributed by atoms with Gasteiger partial charge in [0.05, 0.1) is 43.5 Å². The predicted octanol–water partition coefficient (Wildman–Crippen LogP) is 2.68. The third kappa shape index (κ3) is 9.62. The molecular weight excluding hydrogens is 763 g/mol. The highest BCUT2D eigenvalue weighted by molar-refractivity contribution is 6.08. The minimum absolute atomic E-state index is 0.0205. The van der Waals surface area contributed by atoms with Gasteiger partial charge in [-0.2, -0.15) is 0 Å². The fourth-order valence-electron chi connectivity index (χ4n) is 7.37. The summed E-state index contributed by atoms with van der Waals surface area (Å²) in [7, 11) is 5.48. The van der Waals surface area contributed by atoms with E-state index in [1.54, 1.807) is 30.3 Å². The fourth-order valence-corrected chi connectivity index (χ4v) is 7.37. The number of rotatable bonds is 16. The van der Waals surface area contributed by atoms with Gasteiger partial charge in [-0.05, 0) is 48.4 Å². The Morgan fingerprint density at radius 2 is 1.63 bits per heavy atom. The number of carbonyl (C=O) groups excluding carboxylic acids is 2. The van der Waals surface area contributed by atoms with Gasteiger partial charge in [0.15, 0.2) is 11.9 Å². The second kappa shape index (κ2) is 18.1. The van der Waals surface area contributed by atoms with Gasteiger partial charge in [-0.25, -0.2) is 19.6 Å². The van der Waals surface area contributed by atoms with E-state index in [1.165, 1.54) is 7.11 Å². The van der Waals surface area contributed by atoms with Crippen molar-refractivity contribution in [2.24, 2.45) is 5.73 Å². The van der Waals surface area contributed by atoms with E-state index in [2.05, 4.69) is 60.2 Å². The van der Waals surface area contributed by atoms with Crippen molar-refractivity contribution >= 4 is 51.3 Å². The molecule has 2 aromatic heterocycles. The van der Waals surface area contributed by atoms with Crippen molar-refractivity contribution in [1.82, 2.24) is 14.5 Å². The highest BCUT2D eigenvalue weighted by atomic mass is 16.7. The van der Waals surface area contributed by atoms with Crippen molar-refractivity contribution in [1.29, 1.82) is 0 Å². The van der Waals surface area contributed by atoms with Crippen molar-refractivity contribution in [3.8, 4) is 5.75 Å². The van der Waals surface area contributed by atoms with Crippen LogP contribution in [0.15, 0.2) is 60.7 Å². The van der Waals surface area contributed by atoms with Crippen LogP contribution < -0.4 is 21.5 Å². The highest BCUT2D eigenvalue weighted by Gasteiger charge is 2.48. The first kappa shape index (κ1) is 42.9. The quantitative estimate of drug-likeness (QED) is 0.0559. The van der Waals surface area contributed by atoms with Crippen LogP contribution in [-0.2, 0) is 45.1 Å². The molecule has 1 aliphatic rings. The SMILES string of the molecule is CCCCc1nc2c(N)nc3cc(C(=O)OC)ccc3c2n1Cc1ccc(C[N+](C)(C)Cc2ccc(O[C@@H]3O[C@H](C(=O)O)[C@@H](O)[C@H](O)[C@H]3O)c(NC(=O)CCN)c2)cc1. The van der Waals surface area contributed by atoms with Crippen LogP contribution in [0.5, 0.6) is 5.75 Å². The second-order valence-corrected chi connectivity index (χ2v) is 15.5. The summed E-state index contributed by atoms with van der Waals surface area (Å²) in [6.45, 7) is 3.95. The maximum atomic E-state index is 12.7. The molecular formula is C42H52N7O10+. The fraction of sp³-hybridized carbons (Fsp3) is 0.405. The Hall–Kier alpha value is -5.69. The van der Waals surface area contributed by atoms with Crippen LogP contribution in [0.2, 0.25) is 0 Å². The number of aliphatic hydroxyl groups is 3. The monoisotopic (exact) mass is 814 g/mol. The number of imidazole rings is 1. The van der Waals surface area contributed by atoms with Crippen molar-refractivity contribution < 1.29 is 53.5 Å². The number of aryl methyl sites for hydroxylation is 1. The molecule has 3 aromatic carbocycles. The molecule has 1 saturated heterocycles. The normalized spacial score (nSPS) is 19.5. The first-order valence-corrected chi connectivity index (χ1v) is 19.4. The molecule has 0 radical (unpaired) electrons. The number of esters is 1. The standard InChI is InChI=1S/C42H51N7O10/c1-5-6-7-31-47-33-34(27-14-13-26(41(56)57-4)19-28(27)46-39(33)44)48(31)20-23-8-10-24(11-9-23)21-49(2,3)22-25-12-15-30(29(18-25)45-32(50)16-17-43)58-42-37(53)35(51)36(52)38(59-42)40(54)55/h8-15,18-19,35-38,42,51-53H,5-7,16-17,20-22,43H2,1-4H3,(H3-,44,45,46,50,54,55)/p+1/t35-,36-,37+,38-,42+/m0/s1. The Balaban J connectivity index is 1.22. The molecule has 1 fully saturated rings. The van der Waals surface area contributed by atoms with E-state index < -0.39 is 48.6 Å². The van der Waals surface area contributed by atoms with Crippen LogP contribution in [0, 0.1) is 0 Å². The largest absolute Gasteiger partial charge is 0.479 e. The average Bonchev–Trinajstić information content (AvgIpc) is 3.56. The zero-order chi connectivity index (χ0) is 42.6. The van der Waals surface area contributed by atoms with Gasteiger partial charge in [0, 0.05) is 42.4 Å². The van der Waals surface area contributed by atoms with E-state index in [9.17, 15) is 34.8 Å². The summed E-state index contributed by atoms with van der Waals surface area (Å²) < 4.78 is 18.7. The summed E-state index contributed by atoms with van der Waals surface area (Å²) in [6.07, 6.45) is -6.30. The average molecular weight is 815 g/mol. The zero-order valence-corrected chi connectivity index (χ0v) is 33.5. The predicted molar refractivity (Wildman–Crippen MR) is 218 cm³/mol. The van der Waals surface area contributed by atoms with E-state index in [0.29, 0.717) is 46.5 Å². The van der Waals surface area contributed by atoms with Crippen molar-refractivity contribution in [2.45, 2.75) is 82.9 Å². The molecule has 1 amide bonds. The van der Waals surface area contributed by atoms with Crippen LogP contribution >= 0.6 is 0 Å². The molecule has 5 atom stereocenters. The highest BCUT2D eigenvalue weighted by Crippen LogP contribution is 2.33. The number of aliphatic hydroxyl groups excluding tert-OH is 3. The second-order valence-electron chi connectivity index (χ2n) is 15.5. The number of unbranched alkanes of at least 4 members (excludes halogenated alkanes) is 1. The smallest absolute Gasteiger partial charge is 0.337 e. The number of aromatic nitrogens is 3. The summed E-state index contributed by atoms with van der Waals surface area (Å²) in [5.41, 5.74) is 17.7. The molecule has 9 N–H and O–H groups in total. The summed E-state index contributed by atoms with van der Waals surface area (Å²) >= 11 is 0. The lowest BCUT2D eigenvalue weighted by molar-refractivity contribution is -0.916. The molecule has 0 unspecified atom stereocenters. The number of methoxy groups -OCH3 is 1. The summed E-state index contributed by atoms with van der Waals surface area (Å²) in [6, 6.07) is 18.7. The molecule has 314 valence electrons. The van der Waals surface area contributed by atoms with Crippen LogP contribution in [0.4, 0.5) is 11.5 Å². The first-order valence-electron chi connectivity index (χ1n) is 19.4. The number of amides is 1. The minimum Gasteiger partial charge on any atom is -0.479 e. The topological polar surface area (TPSA) is 255 Å². The lowest BCUT2D eigenvalue weighted by atomic mass is 9.99. The van der Waals surface area contributed by atoms with E-state index in [4.69, 9.17) is 30.7 Å². The number of pyridine rings is 1. The number of hydrogen-bond acceptors (Lipinski definition) is 13. The lowest BCUT2D eigenvalue weighted by Crippen LogP contribution is -2.61. The van der Waals surface area contributed by atoms with Gasteiger partial charge in [0.2, 0.25) is 12.2 Å². The third-order valence-corrected chi connectivity index (χ3v) is 10.3. The zero-order valence-electron chi connectivity index (χ0n) is 33.5. The van der Waals surface area contributed by atoms with Crippen LogP contribution in [-0.4, -0.2) is 116 Å². The number of aliphatic carboxylic acids is 1. The van der Waals surface area contributed by atoms with E-state index in [-0.39, 0.29) is 24.4 Å². The Kier molecular flexibility index (Phi) is 13.1. The number of quaternary nitrogens is 1. The van der Waals surface area contributed by atoms with Gasteiger partial charge in [-0.1, -0.05) is 37.6 Å². The number of ether oxygens (including phenoxy) is 3. The molecule has 5 aromatic rings. The molecule has 59 heavy (non-hydrogen) atoms. The van der Waals surface area contributed by atoms with Gasteiger partial charge in [-0.15, -0.1) is 0 Å². The molecule has 0 saturated carbocycles. The number of anilines is 2. The number of carbonyl (C=O) groups is 3. The maximum Gasteiger partial charge on any atom is 0.337 e. The molecule has 17 nitrogen and oxygen atoms in total. The lowest BCUT2D eigenvalue weighted by Gasteiger charge is -2.38. The maximum absolute atomic E-state index is 12.7. The summed E-state index contributed by atoms with van der Waals surface area (Å²) in [5.74, 6) is -1.15. The minimum atomic E-state index is -1.88. The Morgan fingerprint density at radius 1 is 0.932 bits per heavy atom.